The summed E-state index contributed by atoms with van der Waals surface area (Å²) in [6, 6.07) is 4.65. The number of nitrogens with zero attached hydrogens (tertiary/aromatic N) is 4. The Bertz CT molecular complexity index is 1070. The van der Waals surface area contributed by atoms with Gasteiger partial charge in [-0.05, 0) is 54.0 Å². The van der Waals surface area contributed by atoms with E-state index in [1.807, 2.05) is 6.92 Å². The molecule has 0 radical (unpaired) electrons. The van der Waals surface area contributed by atoms with Crippen LogP contribution in [0.4, 0.5) is 17.6 Å². The molecule has 0 saturated heterocycles. The molecule has 0 aliphatic rings. The zero-order chi connectivity index (χ0) is 22.1. The minimum Gasteiger partial charge on any atom is -0.494 e. The van der Waals surface area contributed by atoms with Gasteiger partial charge in [-0.15, -0.1) is 0 Å². The lowest BCUT2D eigenvalue weighted by atomic mass is 10.1. The van der Waals surface area contributed by atoms with Crippen LogP contribution in [0.5, 0.6) is 0 Å². The maximum Gasteiger partial charge on any atom is 0.435 e. The molecule has 0 spiro atoms. The molecule has 0 aliphatic carbocycles. The van der Waals surface area contributed by atoms with E-state index in [9.17, 15) is 17.6 Å². The molecule has 10 heteroatoms. The number of aromatic nitrogens is 4. The third-order valence-corrected chi connectivity index (χ3v) is 5.31. The largest absolute Gasteiger partial charge is 0.494 e. The first-order chi connectivity index (χ1) is 14.2. The van der Waals surface area contributed by atoms with Gasteiger partial charge in [0, 0.05) is 29.8 Å². The predicted molar refractivity (Wildman–Crippen MR) is 108 cm³/mol. The van der Waals surface area contributed by atoms with Crippen LogP contribution >= 0.6 is 15.9 Å². The summed E-state index contributed by atoms with van der Waals surface area (Å²) in [4.78, 5) is 0. The molecule has 30 heavy (non-hydrogen) atoms. The van der Waals surface area contributed by atoms with Crippen molar-refractivity contribution in [2.75, 3.05) is 6.61 Å². The van der Waals surface area contributed by atoms with Crippen molar-refractivity contribution in [2.24, 2.45) is 0 Å². The lowest BCUT2D eigenvalue weighted by Gasteiger charge is -2.15. The van der Waals surface area contributed by atoms with Gasteiger partial charge in [-0.3, -0.25) is 4.68 Å². The molecule has 2 heterocycles. The minimum absolute atomic E-state index is 0.127. The van der Waals surface area contributed by atoms with Crippen LogP contribution in [0, 0.1) is 5.82 Å². The molecule has 0 N–H and O–H groups in total. The Kier molecular flexibility index (Phi) is 6.35. The highest BCUT2D eigenvalue weighted by molar-refractivity contribution is 9.10. The fourth-order valence-electron chi connectivity index (χ4n) is 3.00. The van der Waals surface area contributed by atoms with E-state index in [-0.39, 0.29) is 35.7 Å². The summed E-state index contributed by atoms with van der Waals surface area (Å²) in [6.45, 7) is 8.27. The van der Waals surface area contributed by atoms with Crippen LogP contribution in [0.15, 0.2) is 41.6 Å². The minimum atomic E-state index is -4.64. The van der Waals surface area contributed by atoms with Gasteiger partial charge in [-0.1, -0.05) is 6.58 Å². The number of hydrogen-bond acceptors (Lipinski definition) is 3. The molecule has 0 fully saturated rings. The molecule has 2 aromatic heterocycles. The third-order valence-electron chi connectivity index (χ3n) is 4.39. The lowest BCUT2D eigenvalue weighted by molar-refractivity contribution is -0.141. The Morgan fingerprint density at radius 1 is 1.23 bits per heavy atom. The molecule has 0 unspecified atom stereocenters. The van der Waals surface area contributed by atoms with Crippen molar-refractivity contribution < 1.29 is 22.3 Å². The summed E-state index contributed by atoms with van der Waals surface area (Å²) in [7, 11) is 0. The number of ether oxygens (including phenoxy) is 1. The number of rotatable bonds is 7. The quantitative estimate of drug-likeness (QED) is 0.322. The van der Waals surface area contributed by atoms with Gasteiger partial charge >= 0.3 is 6.18 Å². The first-order valence-corrected chi connectivity index (χ1v) is 9.93. The molecule has 0 aliphatic heterocycles. The van der Waals surface area contributed by atoms with Crippen molar-refractivity contribution in [3.05, 3.63) is 70.0 Å². The van der Waals surface area contributed by atoms with Crippen LogP contribution in [0.1, 0.15) is 36.4 Å². The predicted octanol–water partition coefficient (Wildman–Crippen LogP) is 5.61. The summed E-state index contributed by atoms with van der Waals surface area (Å²) >= 11 is 3.43. The lowest BCUT2D eigenvalue weighted by Crippen LogP contribution is -2.10. The van der Waals surface area contributed by atoms with Crippen LogP contribution in [0.25, 0.3) is 11.4 Å². The average molecular weight is 487 g/mol. The van der Waals surface area contributed by atoms with Gasteiger partial charge in [0.25, 0.3) is 0 Å². The Balaban J connectivity index is 2.16. The van der Waals surface area contributed by atoms with E-state index in [0.717, 1.165) is 22.9 Å². The second-order valence-electron chi connectivity index (χ2n) is 6.40. The highest BCUT2D eigenvalue weighted by atomic mass is 79.9. The molecule has 5 nitrogen and oxygen atoms in total. The molecular formula is C20H19BrF4N4O. The zero-order valence-corrected chi connectivity index (χ0v) is 17.9. The van der Waals surface area contributed by atoms with Crippen LogP contribution in [-0.4, -0.2) is 26.2 Å². The fourth-order valence-corrected chi connectivity index (χ4v) is 3.59. The van der Waals surface area contributed by atoms with Gasteiger partial charge in [-0.2, -0.15) is 23.4 Å². The summed E-state index contributed by atoms with van der Waals surface area (Å²) < 4.78 is 63.0. The Hall–Kier alpha value is -2.62. The van der Waals surface area contributed by atoms with E-state index >= 15 is 0 Å². The summed E-state index contributed by atoms with van der Waals surface area (Å²) in [5, 5.41) is 7.97. The summed E-state index contributed by atoms with van der Waals surface area (Å²) in [5.74, 6) is -0.423. The number of halogens is 5. The van der Waals surface area contributed by atoms with Crippen molar-refractivity contribution in [1.82, 2.24) is 19.6 Å². The van der Waals surface area contributed by atoms with Crippen LogP contribution < -0.4 is 0 Å². The molecular weight excluding hydrogens is 468 g/mol. The molecule has 3 rings (SSSR count). The maximum atomic E-state index is 13.9. The second-order valence-corrected chi connectivity index (χ2v) is 7.15. The fraction of sp³-hybridized carbons (Fsp3) is 0.300. The van der Waals surface area contributed by atoms with E-state index < -0.39 is 17.7 Å². The normalized spacial score (nSPS) is 11.7. The Morgan fingerprint density at radius 2 is 1.97 bits per heavy atom. The first-order valence-electron chi connectivity index (χ1n) is 9.14. The summed E-state index contributed by atoms with van der Waals surface area (Å²) in [6.07, 6.45) is -2.92. The highest BCUT2D eigenvalue weighted by Crippen LogP contribution is 2.33. The van der Waals surface area contributed by atoms with Crippen molar-refractivity contribution in [1.29, 1.82) is 0 Å². The monoisotopic (exact) mass is 486 g/mol. The number of aryl methyl sites for hydroxylation is 1. The SMILES string of the molecule is C=C(OCC)c1cc(F)ccc1-n1nc(C(F)(F)F)cc1Cc1cnn(CC)c1Br. The molecule has 0 saturated carbocycles. The second kappa shape index (κ2) is 8.63. The highest BCUT2D eigenvalue weighted by Gasteiger charge is 2.35. The average Bonchev–Trinajstić information content (AvgIpc) is 3.26. The maximum absolute atomic E-state index is 13.9. The van der Waals surface area contributed by atoms with Crippen LogP contribution in [-0.2, 0) is 23.9 Å². The van der Waals surface area contributed by atoms with E-state index in [2.05, 4.69) is 32.7 Å². The van der Waals surface area contributed by atoms with Gasteiger partial charge in [0.2, 0.25) is 0 Å². The van der Waals surface area contributed by atoms with E-state index in [4.69, 9.17) is 4.74 Å². The smallest absolute Gasteiger partial charge is 0.435 e. The van der Waals surface area contributed by atoms with E-state index in [1.165, 1.54) is 6.07 Å². The summed E-state index contributed by atoms with van der Waals surface area (Å²) in [5.41, 5.74) is 0.362. The van der Waals surface area contributed by atoms with Crippen molar-refractivity contribution in [2.45, 2.75) is 33.0 Å². The van der Waals surface area contributed by atoms with Gasteiger partial charge in [0.15, 0.2) is 5.69 Å². The Labute approximate surface area is 179 Å². The van der Waals surface area contributed by atoms with Gasteiger partial charge in [0.1, 0.15) is 16.2 Å². The van der Waals surface area contributed by atoms with Crippen LogP contribution in [0.3, 0.4) is 0 Å². The zero-order valence-electron chi connectivity index (χ0n) is 16.3. The van der Waals surface area contributed by atoms with Gasteiger partial charge < -0.3 is 4.74 Å². The third kappa shape index (κ3) is 4.43. The van der Waals surface area contributed by atoms with Crippen molar-refractivity contribution >= 4 is 21.7 Å². The molecule has 0 amide bonds. The standard InChI is InChI=1S/C20H19BrF4N4O/c1-4-28-19(21)13(11-26-28)8-15-10-18(20(23,24)25)27-29(15)17-7-6-14(22)9-16(17)12(3)30-5-2/h6-7,9-11H,3-5,8H2,1-2H3. The number of benzene rings is 1. The molecule has 160 valence electrons. The molecule has 0 atom stereocenters. The topological polar surface area (TPSA) is 44.9 Å². The van der Waals surface area contributed by atoms with E-state index in [0.29, 0.717) is 16.7 Å². The van der Waals surface area contributed by atoms with Gasteiger partial charge in [-0.25, -0.2) is 9.07 Å². The number of hydrogen-bond donors (Lipinski definition) is 0. The van der Waals surface area contributed by atoms with Gasteiger partial charge in [0.05, 0.1) is 18.5 Å². The van der Waals surface area contributed by atoms with Crippen LogP contribution in [0.2, 0.25) is 0 Å². The molecule has 1 aromatic carbocycles. The van der Waals surface area contributed by atoms with E-state index in [1.54, 1.807) is 17.8 Å². The Morgan fingerprint density at radius 3 is 2.57 bits per heavy atom. The first kappa shape index (κ1) is 22.1. The number of alkyl halides is 3. The van der Waals surface area contributed by atoms with Crippen molar-refractivity contribution in [3.63, 3.8) is 0 Å². The molecule has 0 bridgehead atoms. The van der Waals surface area contributed by atoms with Crippen molar-refractivity contribution in [3.8, 4) is 5.69 Å². The molecule has 3 aromatic rings.